The molecule has 134 valence electrons. The van der Waals surface area contributed by atoms with Gasteiger partial charge in [0.1, 0.15) is 5.65 Å². The van der Waals surface area contributed by atoms with Gasteiger partial charge in [-0.1, -0.05) is 18.2 Å². The summed E-state index contributed by atoms with van der Waals surface area (Å²) in [6.07, 6.45) is 4.64. The minimum atomic E-state index is 0.0170. The molecule has 1 aliphatic rings. The Morgan fingerprint density at radius 1 is 1.23 bits per heavy atom. The highest BCUT2D eigenvalue weighted by Crippen LogP contribution is 2.29. The first-order valence-corrected chi connectivity index (χ1v) is 9.41. The summed E-state index contributed by atoms with van der Waals surface area (Å²) in [5.74, 6) is 0.245. The summed E-state index contributed by atoms with van der Waals surface area (Å²) in [5, 5.41) is 0. The number of carbonyl (C=O) groups excluding carboxylic acids is 1. The molecule has 0 radical (unpaired) electrons. The van der Waals surface area contributed by atoms with Crippen molar-refractivity contribution in [1.29, 1.82) is 0 Å². The molecule has 2 aromatic heterocycles. The number of amides is 1. The van der Waals surface area contributed by atoms with E-state index >= 15 is 0 Å². The smallest absolute Gasteiger partial charge is 0.230 e. The van der Waals surface area contributed by atoms with Crippen LogP contribution < -0.4 is 4.90 Å². The second kappa shape index (κ2) is 6.60. The fourth-order valence-corrected chi connectivity index (χ4v) is 4.00. The summed E-state index contributed by atoms with van der Waals surface area (Å²) in [6, 6.07) is 12.4. The molecule has 0 saturated heterocycles. The summed E-state index contributed by atoms with van der Waals surface area (Å²) < 4.78 is 2.17. The van der Waals surface area contributed by atoms with Gasteiger partial charge >= 0.3 is 0 Å². The number of fused-ring (bicyclic) bond motifs is 3. The van der Waals surface area contributed by atoms with Crippen LogP contribution in [0.5, 0.6) is 0 Å². The first-order chi connectivity index (χ1) is 12.6. The molecule has 0 N–H and O–H groups in total. The number of hydrogen-bond acceptors (Lipinski definition) is 2. The van der Waals surface area contributed by atoms with Crippen LogP contribution in [0.3, 0.4) is 0 Å². The molecule has 1 aliphatic carbocycles. The van der Waals surface area contributed by atoms with Crippen LogP contribution in [0, 0.1) is 19.8 Å². The average molecular weight is 347 g/mol. The molecule has 2 heterocycles. The van der Waals surface area contributed by atoms with Gasteiger partial charge < -0.3 is 9.30 Å². The van der Waals surface area contributed by atoms with Crippen LogP contribution in [0.25, 0.3) is 5.65 Å². The molecule has 0 spiro atoms. The van der Waals surface area contributed by atoms with E-state index in [1.807, 2.05) is 24.0 Å². The molecule has 3 aromatic rings. The predicted molar refractivity (Wildman–Crippen MR) is 105 cm³/mol. The third-order valence-electron chi connectivity index (χ3n) is 5.36. The van der Waals surface area contributed by atoms with Gasteiger partial charge in [0, 0.05) is 36.5 Å². The van der Waals surface area contributed by atoms with Crippen LogP contribution >= 0.6 is 0 Å². The highest BCUT2D eigenvalue weighted by molar-refractivity contribution is 5.95. The second-order valence-electron chi connectivity index (χ2n) is 7.30. The predicted octanol–water partition coefficient (Wildman–Crippen LogP) is 4.11. The van der Waals surface area contributed by atoms with Crippen molar-refractivity contribution in [3.05, 3.63) is 65.1 Å². The van der Waals surface area contributed by atoms with E-state index in [4.69, 9.17) is 4.98 Å². The van der Waals surface area contributed by atoms with Crippen LogP contribution in [0.1, 0.15) is 35.9 Å². The third kappa shape index (κ3) is 2.90. The quantitative estimate of drug-likeness (QED) is 0.715. The highest BCUT2D eigenvalue weighted by atomic mass is 16.2. The molecule has 26 heavy (non-hydrogen) atoms. The van der Waals surface area contributed by atoms with E-state index < -0.39 is 0 Å². The van der Waals surface area contributed by atoms with E-state index in [0.29, 0.717) is 6.54 Å². The number of rotatable bonds is 3. The molecule has 1 aromatic carbocycles. The molecule has 0 bridgehead atoms. The lowest BCUT2D eigenvalue weighted by Gasteiger charge is -2.28. The van der Waals surface area contributed by atoms with Gasteiger partial charge in [-0.25, -0.2) is 4.98 Å². The van der Waals surface area contributed by atoms with Gasteiger partial charge in [-0.15, -0.1) is 0 Å². The summed E-state index contributed by atoms with van der Waals surface area (Å²) >= 11 is 0. The minimum Gasteiger partial charge on any atom is -0.312 e. The molecule has 4 nitrogen and oxygen atoms in total. The average Bonchev–Trinajstić information content (AvgIpc) is 2.99. The SMILES string of the molecule is CCN(C(=O)C1CCc2nc3ccc(C)cn3c2C1)c1cccc(C)c1. The van der Waals surface area contributed by atoms with Crippen LogP contribution in [0.4, 0.5) is 5.69 Å². The van der Waals surface area contributed by atoms with Crippen LogP contribution in [-0.2, 0) is 17.6 Å². The number of hydrogen-bond donors (Lipinski definition) is 0. The van der Waals surface area contributed by atoms with E-state index in [0.717, 1.165) is 36.3 Å². The van der Waals surface area contributed by atoms with Gasteiger partial charge in [0.25, 0.3) is 0 Å². The number of benzene rings is 1. The molecule has 4 heteroatoms. The fraction of sp³-hybridized carbons (Fsp3) is 0.364. The summed E-state index contributed by atoms with van der Waals surface area (Å²) in [7, 11) is 0. The maximum atomic E-state index is 13.3. The number of nitrogens with zero attached hydrogens (tertiary/aromatic N) is 3. The van der Waals surface area contributed by atoms with Gasteiger partial charge in [0.2, 0.25) is 5.91 Å². The summed E-state index contributed by atoms with van der Waals surface area (Å²) in [4.78, 5) is 20.0. The van der Waals surface area contributed by atoms with Crippen LogP contribution in [0.15, 0.2) is 42.6 Å². The molecule has 1 atom stereocenters. The summed E-state index contributed by atoms with van der Waals surface area (Å²) in [5.41, 5.74) is 6.72. The van der Waals surface area contributed by atoms with E-state index in [-0.39, 0.29) is 11.8 Å². The first-order valence-electron chi connectivity index (χ1n) is 9.41. The van der Waals surface area contributed by atoms with E-state index in [1.165, 1.54) is 16.8 Å². The van der Waals surface area contributed by atoms with Crippen molar-refractivity contribution in [3.8, 4) is 0 Å². The fourth-order valence-electron chi connectivity index (χ4n) is 4.00. The number of imidazole rings is 1. The molecular weight excluding hydrogens is 322 g/mol. The number of anilines is 1. The second-order valence-corrected chi connectivity index (χ2v) is 7.30. The zero-order valence-corrected chi connectivity index (χ0v) is 15.7. The van der Waals surface area contributed by atoms with Crippen molar-refractivity contribution >= 4 is 17.2 Å². The van der Waals surface area contributed by atoms with Crippen molar-refractivity contribution in [1.82, 2.24) is 9.38 Å². The topological polar surface area (TPSA) is 37.6 Å². The van der Waals surface area contributed by atoms with Gasteiger partial charge in [-0.3, -0.25) is 4.79 Å². The third-order valence-corrected chi connectivity index (χ3v) is 5.36. The number of aryl methyl sites for hydroxylation is 3. The van der Waals surface area contributed by atoms with Gasteiger partial charge in [0.15, 0.2) is 0 Å². The molecule has 4 rings (SSSR count). The van der Waals surface area contributed by atoms with Crippen LogP contribution in [-0.4, -0.2) is 21.8 Å². The van der Waals surface area contributed by atoms with Gasteiger partial charge in [0.05, 0.1) is 5.69 Å². The molecular formula is C22H25N3O. The van der Waals surface area contributed by atoms with Crippen molar-refractivity contribution in [2.75, 3.05) is 11.4 Å². The Kier molecular flexibility index (Phi) is 4.27. The lowest BCUT2D eigenvalue weighted by Crippen LogP contribution is -2.38. The Bertz CT molecular complexity index is 973. The van der Waals surface area contributed by atoms with Crippen molar-refractivity contribution in [2.45, 2.75) is 40.0 Å². The Balaban J connectivity index is 1.64. The lowest BCUT2D eigenvalue weighted by atomic mass is 9.88. The monoisotopic (exact) mass is 347 g/mol. The molecule has 1 unspecified atom stereocenters. The van der Waals surface area contributed by atoms with E-state index in [2.05, 4.69) is 48.7 Å². The largest absolute Gasteiger partial charge is 0.312 e. The van der Waals surface area contributed by atoms with Crippen molar-refractivity contribution in [3.63, 3.8) is 0 Å². The maximum Gasteiger partial charge on any atom is 0.230 e. The zero-order chi connectivity index (χ0) is 18.3. The Morgan fingerprint density at radius 2 is 2.08 bits per heavy atom. The number of pyridine rings is 1. The molecule has 1 amide bonds. The molecule has 0 fully saturated rings. The molecule has 0 aliphatic heterocycles. The Morgan fingerprint density at radius 3 is 2.85 bits per heavy atom. The first kappa shape index (κ1) is 16.8. The molecule has 0 saturated carbocycles. The van der Waals surface area contributed by atoms with Gasteiger partial charge in [-0.2, -0.15) is 0 Å². The summed E-state index contributed by atoms with van der Waals surface area (Å²) in [6.45, 7) is 6.90. The van der Waals surface area contributed by atoms with E-state index in [1.54, 1.807) is 0 Å². The van der Waals surface area contributed by atoms with Gasteiger partial charge in [-0.05, 0) is 62.9 Å². The maximum absolute atomic E-state index is 13.3. The van der Waals surface area contributed by atoms with Crippen molar-refractivity contribution in [2.24, 2.45) is 5.92 Å². The Labute approximate surface area is 154 Å². The Hall–Kier alpha value is -2.62. The van der Waals surface area contributed by atoms with E-state index in [9.17, 15) is 4.79 Å². The normalized spacial score (nSPS) is 16.5. The number of aromatic nitrogens is 2. The number of carbonyl (C=O) groups is 1. The minimum absolute atomic E-state index is 0.0170. The van der Waals surface area contributed by atoms with Crippen molar-refractivity contribution < 1.29 is 4.79 Å². The lowest BCUT2D eigenvalue weighted by molar-refractivity contribution is -0.122. The standard InChI is InChI=1S/C22H25N3O/c1-4-24(18-7-5-6-15(2)12-18)22(26)17-9-10-19-20(13-17)25-14-16(3)8-11-21(25)23-19/h5-8,11-12,14,17H,4,9-10,13H2,1-3H3. The highest BCUT2D eigenvalue weighted by Gasteiger charge is 2.31. The van der Waals surface area contributed by atoms with Crippen LogP contribution in [0.2, 0.25) is 0 Å². The zero-order valence-electron chi connectivity index (χ0n) is 15.7.